The molecule has 0 radical (unpaired) electrons. The summed E-state index contributed by atoms with van der Waals surface area (Å²) in [5.74, 6) is 6.46. The summed E-state index contributed by atoms with van der Waals surface area (Å²) >= 11 is 0. The van der Waals surface area contributed by atoms with Gasteiger partial charge in [-0.2, -0.15) is 0 Å². The third-order valence-electron chi connectivity index (χ3n) is 5.93. The summed E-state index contributed by atoms with van der Waals surface area (Å²) in [4.78, 5) is 36.1. The number of nitrogen functional groups attached to an aromatic ring is 1. The van der Waals surface area contributed by atoms with Crippen LogP contribution in [0.1, 0.15) is 64.5 Å². The van der Waals surface area contributed by atoms with Crippen molar-refractivity contribution in [2.75, 3.05) is 17.7 Å². The summed E-state index contributed by atoms with van der Waals surface area (Å²) in [6.07, 6.45) is 8.71. The van der Waals surface area contributed by atoms with Crippen LogP contribution in [0.4, 0.5) is 5.82 Å². The molecule has 176 valence electrons. The minimum Gasteiger partial charge on any atom is -0.368 e. The number of primary amides is 1. The molecular formula is C25H29N7O2. The zero-order chi connectivity index (χ0) is 24.2. The van der Waals surface area contributed by atoms with E-state index in [0.29, 0.717) is 28.5 Å². The molecule has 3 heterocycles. The molecule has 1 saturated heterocycles. The average Bonchev–Trinajstić information content (AvgIpc) is 3.18. The molecular weight excluding hydrogens is 430 g/mol. The Bertz CT molecular complexity index is 1210. The number of piperidine rings is 1. The summed E-state index contributed by atoms with van der Waals surface area (Å²) in [6, 6.07) is 10.4. The lowest BCUT2D eigenvalue weighted by Gasteiger charge is -2.34. The topological polar surface area (TPSA) is 132 Å². The lowest BCUT2D eigenvalue weighted by molar-refractivity contribution is 0.0990. The first-order valence-electron chi connectivity index (χ1n) is 11.3. The van der Waals surface area contributed by atoms with Crippen molar-refractivity contribution in [3.63, 3.8) is 0 Å². The molecule has 2 aromatic heterocycles. The minimum atomic E-state index is -0.656. The summed E-state index contributed by atoms with van der Waals surface area (Å²) in [5.41, 5.74) is 8.34. The number of pyridine rings is 1. The molecule has 0 spiro atoms. The number of nitrogens with zero attached hydrogens (tertiary/aromatic N) is 4. The van der Waals surface area contributed by atoms with Gasteiger partial charge in [0.2, 0.25) is 0 Å². The molecule has 9 heteroatoms. The van der Waals surface area contributed by atoms with Crippen LogP contribution in [0, 0.1) is 6.92 Å². The highest BCUT2D eigenvalue weighted by Gasteiger charge is 2.30. The number of amides is 2. The number of carbonyl (C=O) groups is 2. The molecule has 1 aliphatic rings. The summed E-state index contributed by atoms with van der Waals surface area (Å²) in [7, 11) is 0. The maximum atomic E-state index is 12.6. The monoisotopic (exact) mass is 459 g/mol. The third kappa shape index (κ3) is 4.63. The molecule has 34 heavy (non-hydrogen) atoms. The molecule has 1 atom stereocenters. The molecule has 1 unspecified atom stereocenters. The van der Waals surface area contributed by atoms with Gasteiger partial charge in [-0.3, -0.25) is 9.59 Å². The Balaban J connectivity index is 1.63. The van der Waals surface area contributed by atoms with Gasteiger partial charge in [-0.05, 0) is 63.1 Å². The number of allylic oxidation sites excluding steroid dienone is 1. The first kappa shape index (κ1) is 23.0. The van der Waals surface area contributed by atoms with Crippen LogP contribution in [0.3, 0.4) is 0 Å². The van der Waals surface area contributed by atoms with E-state index >= 15 is 0 Å². The van der Waals surface area contributed by atoms with Gasteiger partial charge < -0.3 is 21.8 Å². The van der Waals surface area contributed by atoms with E-state index in [4.69, 9.17) is 16.6 Å². The number of nitrogens with one attached hydrogen (secondary N) is 1. The third-order valence-corrected chi connectivity index (χ3v) is 5.93. The Labute approximate surface area is 198 Å². The van der Waals surface area contributed by atoms with Crippen molar-refractivity contribution < 1.29 is 9.59 Å². The molecule has 0 aliphatic carbocycles. The molecule has 3 aromatic rings. The van der Waals surface area contributed by atoms with Crippen LogP contribution in [0.15, 0.2) is 54.9 Å². The number of benzene rings is 1. The van der Waals surface area contributed by atoms with Gasteiger partial charge in [0, 0.05) is 23.9 Å². The molecule has 1 aromatic carbocycles. The quantitative estimate of drug-likeness (QED) is 0.484. The second kappa shape index (κ2) is 9.78. The molecule has 1 aliphatic heterocycles. The largest absolute Gasteiger partial charge is 0.368 e. The van der Waals surface area contributed by atoms with Crippen molar-refractivity contribution in [3.8, 4) is 11.3 Å². The second-order valence-corrected chi connectivity index (χ2v) is 8.39. The van der Waals surface area contributed by atoms with Crippen LogP contribution in [-0.2, 0) is 0 Å². The lowest BCUT2D eigenvalue weighted by Crippen LogP contribution is -2.33. The normalized spacial score (nSPS) is 16.1. The van der Waals surface area contributed by atoms with Gasteiger partial charge in [-0.1, -0.05) is 24.3 Å². The van der Waals surface area contributed by atoms with Gasteiger partial charge in [0.15, 0.2) is 11.5 Å². The molecule has 4 rings (SSSR count). The Morgan fingerprint density at radius 2 is 1.91 bits per heavy atom. The first-order valence-corrected chi connectivity index (χ1v) is 11.3. The number of imidazole rings is 1. The van der Waals surface area contributed by atoms with Crippen molar-refractivity contribution in [1.82, 2.24) is 19.5 Å². The summed E-state index contributed by atoms with van der Waals surface area (Å²) in [6.45, 7) is 4.79. The van der Waals surface area contributed by atoms with Crippen molar-refractivity contribution in [2.45, 2.75) is 39.2 Å². The molecule has 9 nitrogen and oxygen atoms in total. The second-order valence-electron chi connectivity index (χ2n) is 8.39. The number of nitrogens with two attached hydrogens (primary N) is 2. The Morgan fingerprint density at radius 3 is 2.56 bits per heavy atom. The Hall–Kier alpha value is -4.14. The number of likely N-dealkylation sites (tertiary alicyclic amines) is 1. The van der Waals surface area contributed by atoms with Gasteiger partial charge in [-0.25, -0.2) is 14.6 Å². The number of carbonyl (C=O) groups excluding carboxylic acids is 2. The molecule has 0 bridgehead atoms. The lowest BCUT2D eigenvalue weighted by atomic mass is 10.0. The fraction of sp³-hybridized carbons (Fsp3) is 0.280. The van der Waals surface area contributed by atoms with E-state index < -0.39 is 5.91 Å². The Kier molecular flexibility index (Phi) is 6.62. The maximum absolute atomic E-state index is 12.6. The van der Waals surface area contributed by atoms with Crippen LogP contribution >= 0.6 is 0 Å². The minimum absolute atomic E-state index is 0.0474. The van der Waals surface area contributed by atoms with Crippen LogP contribution in [0.25, 0.3) is 11.3 Å². The highest BCUT2D eigenvalue weighted by Crippen LogP contribution is 2.33. The van der Waals surface area contributed by atoms with Gasteiger partial charge in [0.05, 0.1) is 6.04 Å². The zero-order valence-corrected chi connectivity index (χ0v) is 19.4. The predicted molar refractivity (Wildman–Crippen MR) is 131 cm³/mol. The van der Waals surface area contributed by atoms with E-state index in [9.17, 15) is 9.59 Å². The summed E-state index contributed by atoms with van der Waals surface area (Å²) < 4.78 is 1.31. The van der Waals surface area contributed by atoms with Crippen LogP contribution in [0.2, 0.25) is 0 Å². The molecule has 5 N–H and O–H groups in total. The first-order chi connectivity index (χ1) is 16.4. The van der Waals surface area contributed by atoms with E-state index in [-0.39, 0.29) is 17.6 Å². The van der Waals surface area contributed by atoms with Gasteiger partial charge >= 0.3 is 0 Å². The van der Waals surface area contributed by atoms with E-state index in [1.165, 1.54) is 4.68 Å². The van der Waals surface area contributed by atoms with E-state index in [2.05, 4.69) is 15.2 Å². The van der Waals surface area contributed by atoms with Crippen LogP contribution in [0.5, 0.6) is 0 Å². The fourth-order valence-corrected chi connectivity index (χ4v) is 4.23. The SMILES string of the molecule is CC=CN1CCCCC1c1nc(-c2ccc(C(=O)Nc3ccc(C)cn3)cc2)c(C(N)=O)n1N. The van der Waals surface area contributed by atoms with E-state index in [1.807, 2.05) is 32.2 Å². The maximum Gasteiger partial charge on any atom is 0.269 e. The Morgan fingerprint density at radius 1 is 1.15 bits per heavy atom. The highest BCUT2D eigenvalue weighted by molar-refractivity contribution is 6.04. The van der Waals surface area contributed by atoms with Gasteiger partial charge in [-0.15, -0.1) is 0 Å². The van der Waals surface area contributed by atoms with Crippen molar-refractivity contribution in [3.05, 3.63) is 77.5 Å². The van der Waals surface area contributed by atoms with Crippen molar-refractivity contribution >= 4 is 17.6 Å². The average molecular weight is 460 g/mol. The van der Waals surface area contributed by atoms with Gasteiger partial charge in [0.1, 0.15) is 11.5 Å². The molecule has 0 saturated carbocycles. The highest BCUT2D eigenvalue weighted by atomic mass is 16.2. The molecule has 1 fully saturated rings. The van der Waals surface area contributed by atoms with Gasteiger partial charge in [0.25, 0.3) is 11.8 Å². The summed E-state index contributed by atoms with van der Waals surface area (Å²) in [5, 5.41) is 2.77. The predicted octanol–water partition coefficient (Wildman–Crippen LogP) is 3.38. The number of aromatic nitrogens is 3. The van der Waals surface area contributed by atoms with E-state index in [1.54, 1.807) is 36.5 Å². The fourth-order valence-electron chi connectivity index (χ4n) is 4.23. The number of rotatable bonds is 6. The van der Waals surface area contributed by atoms with E-state index in [0.717, 1.165) is 31.4 Å². The van der Waals surface area contributed by atoms with Crippen molar-refractivity contribution in [2.24, 2.45) is 5.73 Å². The number of aryl methyl sites for hydroxylation is 1. The van der Waals surface area contributed by atoms with Crippen LogP contribution < -0.4 is 16.9 Å². The number of anilines is 1. The molecule has 2 amide bonds. The smallest absolute Gasteiger partial charge is 0.269 e. The van der Waals surface area contributed by atoms with Crippen LogP contribution in [-0.4, -0.2) is 37.9 Å². The number of hydrogen-bond donors (Lipinski definition) is 3. The number of hydrogen-bond acceptors (Lipinski definition) is 6. The van der Waals surface area contributed by atoms with Crippen molar-refractivity contribution in [1.29, 1.82) is 0 Å². The zero-order valence-electron chi connectivity index (χ0n) is 19.4. The standard InChI is InChI=1S/C25H29N7O2/c1-3-13-31-14-5-4-6-19(31)24-30-21(22(23(26)33)32(24)27)17-8-10-18(11-9-17)25(34)29-20-12-7-16(2)15-28-20/h3,7-13,15,19H,4-6,14,27H2,1-2H3,(H2,26,33)(H,28,29,34).